The summed E-state index contributed by atoms with van der Waals surface area (Å²) in [7, 11) is 0. The molecule has 0 fully saturated rings. The van der Waals surface area contributed by atoms with Crippen LogP contribution in [0.2, 0.25) is 0 Å². The molecule has 19 heavy (non-hydrogen) atoms. The van der Waals surface area contributed by atoms with Crippen LogP contribution in [0, 0.1) is 5.92 Å². The first kappa shape index (κ1) is 14.4. The summed E-state index contributed by atoms with van der Waals surface area (Å²) in [6.07, 6.45) is 10.8. The molecule has 106 valence electrons. The number of unbranched alkanes of at least 4 members (excludes halogenated alkanes) is 3. The summed E-state index contributed by atoms with van der Waals surface area (Å²) in [6.45, 7) is 5.79. The van der Waals surface area contributed by atoms with Crippen molar-refractivity contribution in [3.05, 3.63) is 29.3 Å². The van der Waals surface area contributed by atoms with Crippen LogP contribution in [-0.2, 0) is 12.8 Å². The van der Waals surface area contributed by atoms with Gasteiger partial charge in [0.15, 0.2) is 0 Å². The summed E-state index contributed by atoms with van der Waals surface area (Å²) in [5.74, 6) is 0.868. The predicted octanol–water partition coefficient (Wildman–Crippen LogP) is 5.19. The van der Waals surface area contributed by atoms with Gasteiger partial charge in [-0.3, -0.25) is 0 Å². The van der Waals surface area contributed by atoms with Gasteiger partial charge in [-0.25, -0.2) is 0 Å². The molecule has 0 saturated carbocycles. The van der Waals surface area contributed by atoms with E-state index in [1.165, 1.54) is 57.1 Å². The number of rotatable bonds is 7. The molecule has 0 spiro atoms. The van der Waals surface area contributed by atoms with E-state index in [2.05, 4.69) is 37.4 Å². The van der Waals surface area contributed by atoms with Crippen LogP contribution in [0.15, 0.2) is 18.2 Å². The lowest BCUT2D eigenvalue weighted by Crippen LogP contribution is -2.13. The highest BCUT2D eigenvalue weighted by molar-refractivity contribution is 5.56. The van der Waals surface area contributed by atoms with E-state index in [0.717, 1.165) is 12.5 Å². The molecule has 1 N–H and O–H groups in total. The third-order valence-electron chi connectivity index (χ3n) is 4.17. The first-order valence-electron chi connectivity index (χ1n) is 8.12. The van der Waals surface area contributed by atoms with Gasteiger partial charge in [-0.1, -0.05) is 51.7 Å². The second-order valence-electron chi connectivity index (χ2n) is 6.32. The molecule has 1 aromatic carbocycles. The molecule has 1 nitrogen and oxygen atoms in total. The van der Waals surface area contributed by atoms with Crippen LogP contribution in [0.3, 0.4) is 0 Å². The van der Waals surface area contributed by atoms with E-state index in [4.69, 9.17) is 0 Å². The van der Waals surface area contributed by atoms with E-state index in [1.54, 1.807) is 11.1 Å². The zero-order valence-corrected chi connectivity index (χ0v) is 12.7. The Kier molecular flexibility index (Phi) is 5.75. The molecular weight excluding hydrogens is 230 g/mol. The van der Waals surface area contributed by atoms with Crippen molar-refractivity contribution in [2.75, 3.05) is 11.9 Å². The standard InChI is InChI=1S/C18H29N/c1-15(2)9-5-3-4-6-10-16-11-7-13-18-17(16)12-8-14-19-18/h7,11,13,15,19H,3-6,8-10,12,14H2,1-2H3. The van der Waals surface area contributed by atoms with Gasteiger partial charge in [-0.15, -0.1) is 0 Å². The largest absolute Gasteiger partial charge is 0.385 e. The number of hydrogen-bond acceptors (Lipinski definition) is 1. The third-order valence-corrected chi connectivity index (χ3v) is 4.17. The van der Waals surface area contributed by atoms with Gasteiger partial charge in [0.1, 0.15) is 0 Å². The van der Waals surface area contributed by atoms with E-state index in [9.17, 15) is 0 Å². The molecule has 0 unspecified atom stereocenters. The quantitative estimate of drug-likeness (QED) is 0.664. The zero-order valence-electron chi connectivity index (χ0n) is 12.7. The Balaban J connectivity index is 1.74. The van der Waals surface area contributed by atoms with Crippen molar-refractivity contribution >= 4 is 5.69 Å². The summed E-state index contributed by atoms with van der Waals surface area (Å²) < 4.78 is 0. The maximum atomic E-state index is 3.53. The molecule has 1 heterocycles. The lowest BCUT2D eigenvalue weighted by atomic mass is 9.94. The fraction of sp³-hybridized carbons (Fsp3) is 0.667. The molecule has 1 aliphatic rings. The molecule has 1 aliphatic heterocycles. The van der Waals surface area contributed by atoms with E-state index in [-0.39, 0.29) is 0 Å². The zero-order chi connectivity index (χ0) is 13.5. The molecule has 0 saturated heterocycles. The molecule has 0 radical (unpaired) electrons. The Hall–Kier alpha value is -0.980. The van der Waals surface area contributed by atoms with Crippen LogP contribution in [0.25, 0.3) is 0 Å². The normalized spacial score (nSPS) is 14.3. The first-order valence-corrected chi connectivity index (χ1v) is 8.12. The van der Waals surface area contributed by atoms with Crippen molar-refractivity contribution in [3.63, 3.8) is 0 Å². The van der Waals surface area contributed by atoms with E-state index >= 15 is 0 Å². The highest BCUT2D eigenvalue weighted by Crippen LogP contribution is 2.26. The first-order chi connectivity index (χ1) is 9.27. The van der Waals surface area contributed by atoms with Gasteiger partial charge in [0, 0.05) is 12.2 Å². The SMILES string of the molecule is CC(C)CCCCCCc1cccc2c1CCCN2. The predicted molar refractivity (Wildman–Crippen MR) is 84.9 cm³/mol. The Bertz CT molecular complexity index is 381. The molecule has 1 aromatic rings. The van der Waals surface area contributed by atoms with Crippen LogP contribution in [0.1, 0.15) is 63.5 Å². The van der Waals surface area contributed by atoms with Gasteiger partial charge in [0.05, 0.1) is 0 Å². The van der Waals surface area contributed by atoms with Crippen LogP contribution >= 0.6 is 0 Å². The number of hydrogen-bond donors (Lipinski definition) is 1. The minimum absolute atomic E-state index is 0.868. The van der Waals surface area contributed by atoms with Gasteiger partial charge >= 0.3 is 0 Å². The monoisotopic (exact) mass is 259 g/mol. The van der Waals surface area contributed by atoms with Gasteiger partial charge in [0.25, 0.3) is 0 Å². The third kappa shape index (κ3) is 4.56. The molecule has 0 bridgehead atoms. The van der Waals surface area contributed by atoms with Crippen LogP contribution in [0.5, 0.6) is 0 Å². The number of aryl methyl sites for hydroxylation is 1. The van der Waals surface area contributed by atoms with Gasteiger partial charge in [0.2, 0.25) is 0 Å². The lowest BCUT2D eigenvalue weighted by molar-refractivity contribution is 0.520. The van der Waals surface area contributed by atoms with Gasteiger partial charge in [-0.2, -0.15) is 0 Å². The molecular formula is C18H29N. The average molecular weight is 259 g/mol. The molecule has 0 aromatic heterocycles. The van der Waals surface area contributed by atoms with Gasteiger partial charge < -0.3 is 5.32 Å². The molecule has 0 atom stereocenters. The Labute approximate surface area is 118 Å². The topological polar surface area (TPSA) is 12.0 Å². The van der Waals surface area contributed by atoms with Crippen molar-refractivity contribution in [3.8, 4) is 0 Å². The molecule has 2 rings (SSSR count). The second-order valence-corrected chi connectivity index (χ2v) is 6.32. The fourth-order valence-electron chi connectivity index (χ4n) is 3.04. The average Bonchev–Trinajstić information content (AvgIpc) is 2.42. The van der Waals surface area contributed by atoms with Crippen LogP contribution in [-0.4, -0.2) is 6.54 Å². The van der Waals surface area contributed by atoms with Crippen molar-refractivity contribution < 1.29 is 0 Å². The maximum absolute atomic E-state index is 3.53. The van der Waals surface area contributed by atoms with Gasteiger partial charge in [-0.05, 0) is 48.8 Å². The Morgan fingerprint density at radius 1 is 1.11 bits per heavy atom. The summed E-state index contributed by atoms with van der Waals surface area (Å²) in [6, 6.07) is 6.78. The minimum atomic E-state index is 0.868. The van der Waals surface area contributed by atoms with Crippen molar-refractivity contribution in [1.29, 1.82) is 0 Å². The summed E-state index contributed by atoms with van der Waals surface area (Å²) in [4.78, 5) is 0. The minimum Gasteiger partial charge on any atom is -0.385 e. The van der Waals surface area contributed by atoms with Crippen molar-refractivity contribution in [2.45, 2.75) is 65.2 Å². The van der Waals surface area contributed by atoms with Crippen molar-refractivity contribution in [1.82, 2.24) is 0 Å². The highest BCUT2D eigenvalue weighted by Gasteiger charge is 2.11. The smallest absolute Gasteiger partial charge is 0.0375 e. The number of benzene rings is 1. The van der Waals surface area contributed by atoms with E-state index < -0.39 is 0 Å². The second kappa shape index (κ2) is 7.57. The lowest BCUT2D eigenvalue weighted by Gasteiger charge is -2.21. The molecule has 0 amide bonds. The van der Waals surface area contributed by atoms with E-state index in [1.807, 2.05) is 0 Å². The molecule has 0 aliphatic carbocycles. The summed E-state index contributed by atoms with van der Waals surface area (Å²) >= 11 is 0. The summed E-state index contributed by atoms with van der Waals surface area (Å²) in [5.41, 5.74) is 4.58. The number of fused-ring (bicyclic) bond motifs is 1. The number of nitrogens with one attached hydrogen (secondary N) is 1. The van der Waals surface area contributed by atoms with Crippen LogP contribution in [0.4, 0.5) is 5.69 Å². The Morgan fingerprint density at radius 3 is 2.79 bits per heavy atom. The number of anilines is 1. The summed E-state index contributed by atoms with van der Waals surface area (Å²) in [5, 5.41) is 3.53. The van der Waals surface area contributed by atoms with E-state index in [0.29, 0.717) is 0 Å². The highest BCUT2D eigenvalue weighted by atomic mass is 14.9. The van der Waals surface area contributed by atoms with Crippen LogP contribution < -0.4 is 5.32 Å². The maximum Gasteiger partial charge on any atom is 0.0375 e. The molecule has 1 heteroatoms. The Morgan fingerprint density at radius 2 is 1.95 bits per heavy atom. The van der Waals surface area contributed by atoms with Crippen molar-refractivity contribution in [2.24, 2.45) is 5.92 Å². The fourth-order valence-corrected chi connectivity index (χ4v) is 3.04.